The van der Waals surface area contributed by atoms with Crippen LogP contribution in [0, 0.1) is 6.92 Å². The van der Waals surface area contributed by atoms with Crippen LogP contribution in [-0.2, 0) is 0 Å². The number of nitrogens with zero attached hydrogens (tertiary/aromatic N) is 1. The Hall–Kier alpha value is -2.61. The Kier molecular flexibility index (Phi) is 3.21. The van der Waals surface area contributed by atoms with Crippen LogP contribution in [0.4, 0.5) is 0 Å². The van der Waals surface area contributed by atoms with Crippen LogP contribution in [0.2, 0.25) is 0 Å². The highest BCUT2D eigenvalue weighted by atomic mass is 16.3. The number of aromatic nitrogens is 1. The summed E-state index contributed by atoms with van der Waals surface area (Å²) < 4.78 is 0. The van der Waals surface area contributed by atoms with Gasteiger partial charge in [-0.05, 0) is 31.2 Å². The second-order valence-corrected chi connectivity index (χ2v) is 4.79. The van der Waals surface area contributed by atoms with Crippen LogP contribution in [0.1, 0.15) is 5.56 Å². The van der Waals surface area contributed by atoms with Gasteiger partial charge >= 0.3 is 0 Å². The highest BCUT2D eigenvalue weighted by Crippen LogP contribution is 2.28. The van der Waals surface area contributed by atoms with Crippen molar-refractivity contribution in [2.45, 2.75) is 6.92 Å². The van der Waals surface area contributed by atoms with Crippen LogP contribution >= 0.6 is 0 Å². The summed E-state index contributed by atoms with van der Waals surface area (Å²) in [6.45, 7) is 2.07. The second kappa shape index (κ2) is 5.17. The monoisotopic (exact) mass is 261 g/mol. The molecular weight excluding hydrogens is 246 g/mol. The fourth-order valence-corrected chi connectivity index (χ4v) is 2.16. The van der Waals surface area contributed by atoms with E-state index in [4.69, 9.17) is 0 Å². The lowest BCUT2D eigenvalue weighted by Crippen LogP contribution is -1.88. The van der Waals surface area contributed by atoms with E-state index in [1.165, 1.54) is 5.56 Å². The van der Waals surface area contributed by atoms with E-state index in [2.05, 4.69) is 36.2 Å². The second-order valence-electron chi connectivity index (χ2n) is 4.79. The molecule has 1 heterocycles. The summed E-state index contributed by atoms with van der Waals surface area (Å²) in [5, 5.41) is 9.92. The van der Waals surface area contributed by atoms with Gasteiger partial charge in [-0.25, -0.2) is 4.98 Å². The van der Waals surface area contributed by atoms with E-state index in [1.54, 1.807) is 6.07 Å². The van der Waals surface area contributed by atoms with E-state index in [0.29, 0.717) is 0 Å². The molecule has 2 heteroatoms. The minimum atomic E-state index is 0.251. The third-order valence-electron chi connectivity index (χ3n) is 3.28. The van der Waals surface area contributed by atoms with E-state index < -0.39 is 0 Å². The van der Waals surface area contributed by atoms with Gasteiger partial charge in [0.05, 0.1) is 11.4 Å². The van der Waals surface area contributed by atoms with Gasteiger partial charge in [0.25, 0.3) is 0 Å². The topological polar surface area (TPSA) is 33.1 Å². The van der Waals surface area contributed by atoms with Crippen molar-refractivity contribution in [3.05, 3.63) is 72.3 Å². The van der Waals surface area contributed by atoms with Crippen molar-refractivity contribution in [3.63, 3.8) is 0 Å². The minimum absolute atomic E-state index is 0.251. The molecule has 0 aliphatic rings. The molecule has 0 saturated heterocycles. The summed E-state index contributed by atoms with van der Waals surface area (Å²) >= 11 is 0. The third-order valence-corrected chi connectivity index (χ3v) is 3.28. The highest BCUT2D eigenvalue weighted by Gasteiger charge is 2.06. The standard InChI is InChI=1S/C18H15NO/c1-13-9-11-14(12-10-13)16-6-4-7-17(19-16)15-5-2-3-8-18(15)20/h2-12,20H,1H3. The van der Waals surface area contributed by atoms with Gasteiger partial charge in [0.15, 0.2) is 0 Å². The largest absolute Gasteiger partial charge is 0.507 e. The molecule has 3 rings (SSSR count). The molecule has 0 unspecified atom stereocenters. The van der Waals surface area contributed by atoms with E-state index >= 15 is 0 Å². The number of phenols is 1. The lowest BCUT2D eigenvalue weighted by atomic mass is 10.1. The summed E-state index contributed by atoms with van der Waals surface area (Å²) in [6, 6.07) is 21.4. The molecule has 0 fully saturated rings. The van der Waals surface area contributed by atoms with Crippen molar-refractivity contribution in [3.8, 4) is 28.3 Å². The molecule has 2 aromatic carbocycles. The van der Waals surface area contributed by atoms with Crippen molar-refractivity contribution in [2.24, 2.45) is 0 Å². The first-order valence-corrected chi connectivity index (χ1v) is 6.56. The average molecular weight is 261 g/mol. The van der Waals surface area contributed by atoms with Crippen LogP contribution in [0.15, 0.2) is 66.7 Å². The molecule has 0 atom stereocenters. The zero-order valence-electron chi connectivity index (χ0n) is 11.2. The van der Waals surface area contributed by atoms with Gasteiger partial charge in [-0.2, -0.15) is 0 Å². The van der Waals surface area contributed by atoms with Crippen LogP contribution in [-0.4, -0.2) is 10.1 Å². The quantitative estimate of drug-likeness (QED) is 0.740. The van der Waals surface area contributed by atoms with E-state index in [9.17, 15) is 5.11 Å². The first kappa shape index (κ1) is 12.4. The molecule has 20 heavy (non-hydrogen) atoms. The minimum Gasteiger partial charge on any atom is -0.507 e. The number of rotatable bonds is 2. The third kappa shape index (κ3) is 2.41. The number of aromatic hydroxyl groups is 1. The summed E-state index contributed by atoms with van der Waals surface area (Å²) in [6.07, 6.45) is 0. The summed E-state index contributed by atoms with van der Waals surface area (Å²) in [5.41, 5.74) is 4.74. The Labute approximate surface area is 118 Å². The molecule has 3 aromatic rings. The fraction of sp³-hybridized carbons (Fsp3) is 0.0556. The number of benzene rings is 2. The van der Waals surface area contributed by atoms with Crippen molar-refractivity contribution in [2.75, 3.05) is 0 Å². The van der Waals surface area contributed by atoms with Gasteiger partial charge in [-0.1, -0.05) is 48.0 Å². The van der Waals surface area contributed by atoms with Gasteiger partial charge in [-0.15, -0.1) is 0 Å². The zero-order chi connectivity index (χ0) is 13.9. The molecule has 98 valence electrons. The molecule has 0 spiro atoms. The SMILES string of the molecule is Cc1ccc(-c2cccc(-c3ccccc3O)n2)cc1. The highest BCUT2D eigenvalue weighted by molar-refractivity contribution is 5.70. The Morgan fingerprint density at radius 3 is 2.20 bits per heavy atom. The van der Waals surface area contributed by atoms with Gasteiger partial charge in [0.2, 0.25) is 0 Å². The summed E-state index contributed by atoms with van der Waals surface area (Å²) in [5.74, 6) is 0.251. The Bertz CT molecular complexity index is 732. The predicted octanol–water partition coefficient (Wildman–Crippen LogP) is 4.43. The average Bonchev–Trinajstić information content (AvgIpc) is 2.49. The Balaban J connectivity index is 2.06. The first-order chi connectivity index (χ1) is 9.74. The molecule has 0 bridgehead atoms. The maximum Gasteiger partial charge on any atom is 0.124 e. The normalized spacial score (nSPS) is 10.4. The van der Waals surface area contributed by atoms with E-state index in [-0.39, 0.29) is 5.75 Å². The molecule has 2 nitrogen and oxygen atoms in total. The molecule has 1 N–H and O–H groups in total. The lowest BCUT2D eigenvalue weighted by Gasteiger charge is -2.07. The predicted molar refractivity (Wildman–Crippen MR) is 81.5 cm³/mol. The van der Waals surface area contributed by atoms with Crippen molar-refractivity contribution < 1.29 is 5.11 Å². The fourth-order valence-electron chi connectivity index (χ4n) is 2.16. The number of phenolic OH excluding ortho intramolecular Hbond substituents is 1. The smallest absolute Gasteiger partial charge is 0.124 e. The molecule has 0 saturated carbocycles. The van der Waals surface area contributed by atoms with E-state index in [0.717, 1.165) is 22.5 Å². The molecule has 1 aromatic heterocycles. The van der Waals surface area contributed by atoms with Gasteiger partial charge in [-0.3, -0.25) is 0 Å². The van der Waals surface area contributed by atoms with Gasteiger partial charge < -0.3 is 5.11 Å². The maximum absolute atomic E-state index is 9.92. The lowest BCUT2D eigenvalue weighted by molar-refractivity contribution is 0.477. The zero-order valence-corrected chi connectivity index (χ0v) is 11.2. The molecular formula is C18H15NO. The van der Waals surface area contributed by atoms with Crippen LogP contribution < -0.4 is 0 Å². The van der Waals surface area contributed by atoms with Crippen LogP contribution in [0.25, 0.3) is 22.5 Å². The van der Waals surface area contributed by atoms with Crippen LogP contribution in [0.5, 0.6) is 5.75 Å². The number of pyridine rings is 1. The molecule has 0 amide bonds. The molecule has 0 radical (unpaired) electrons. The maximum atomic E-state index is 9.92. The Morgan fingerprint density at radius 2 is 1.45 bits per heavy atom. The number of hydrogen-bond acceptors (Lipinski definition) is 2. The first-order valence-electron chi connectivity index (χ1n) is 6.56. The number of aryl methyl sites for hydroxylation is 1. The Morgan fingerprint density at radius 1 is 0.750 bits per heavy atom. The van der Waals surface area contributed by atoms with Crippen LogP contribution in [0.3, 0.4) is 0 Å². The molecule has 0 aliphatic heterocycles. The summed E-state index contributed by atoms with van der Waals surface area (Å²) in [7, 11) is 0. The van der Waals surface area contributed by atoms with Crippen molar-refractivity contribution in [1.29, 1.82) is 0 Å². The molecule has 0 aliphatic carbocycles. The van der Waals surface area contributed by atoms with Gasteiger partial charge in [0.1, 0.15) is 5.75 Å². The summed E-state index contributed by atoms with van der Waals surface area (Å²) in [4.78, 5) is 4.64. The number of hydrogen-bond donors (Lipinski definition) is 1. The van der Waals surface area contributed by atoms with Gasteiger partial charge in [0, 0.05) is 11.1 Å². The van der Waals surface area contributed by atoms with E-state index in [1.807, 2.05) is 36.4 Å². The van der Waals surface area contributed by atoms with Crippen molar-refractivity contribution >= 4 is 0 Å². The number of para-hydroxylation sites is 1. The van der Waals surface area contributed by atoms with Crippen molar-refractivity contribution in [1.82, 2.24) is 4.98 Å².